The molecular formula is C17H17N. The zero-order valence-electron chi connectivity index (χ0n) is 10.6. The lowest BCUT2D eigenvalue weighted by atomic mass is 10.0. The Hall–Kier alpha value is -1.89. The Bertz CT molecular complexity index is 569. The SMILES string of the molecule is Cc1cccc(C2=N[C@H](c3ccccc3)CC2)c1. The quantitative estimate of drug-likeness (QED) is 0.735. The van der Waals surface area contributed by atoms with Gasteiger partial charge in [0, 0.05) is 5.71 Å². The number of hydrogen-bond acceptors (Lipinski definition) is 1. The number of aliphatic imine (C=N–C) groups is 1. The smallest absolute Gasteiger partial charge is 0.0756 e. The van der Waals surface area contributed by atoms with E-state index in [9.17, 15) is 0 Å². The number of aryl methyl sites for hydroxylation is 1. The number of hydrogen-bond donors (Lipinski definition) is 0. The Labute approximate surface area is 108 Å². The Morgan fingerprint density at radius 1 is 1.00 bits per heavy atom. The molecule has 0 unspecified atom stereocenters. The molecule has 0 radical (unpaired) electrons. The highest BCUT2D eigenvalue weighted by Gasteiger charge is 2.19. The second-order valence-corrected chi connectivity index (χ2v) is 4.91. The van der Waals surface area contributed by atoms with Crippen molar-refractivity contribution in [1.29, 1.82) is 0 Å². The van der Waals surface area contributed by atoms with Gasteiger partial charge in [-0.2, -0.15) is 0 Å². The van der Waals surface area contributed by atoms with Crippen molar-refractivity contribution in [2.45, 2.75) is 25.8 Å². The maximum atomic E-state index is 4.89. The predicted molar refractivity (Wildman–Crippen MR) is 76.1 cm³/mol. The normalized spacial score (nSPS) is 18.7. The predicted octanol–water partition coefficient (Wildman–Crippen LogP) is 4.32. The van der Waals surface area contributed by atoms with Crippen LogP contribution in [0.15, 0.2) is 59.6 Å². The van der Waals surface area contributed by atoms with Gasteiger partial charge in [0.15, 0.2) is 0 Å². The molecule has 0 saturated carbocycles. The van der Waals surface area contributed by atoms with Gasteiger partial charge in [-0.3, -0.25) is 4.99 Å². The van der Waals surface area contributed by atoms with Crippen molar-refractivity contribution in [3.8, 4) is 0 Å². The molecule has 0 N–H and O–H groups in total. The van der Waals surface area contributed by atoms with E-state index in [4.69, 9.17) is 4.99 Å². The molecule has 1 heterocycles. The molecule has 18 heavy (non-hydrogen) atoms. The van der Waals surface area contributed by atoms with Gasteiger partial charge < -0.3 is 0 Å². The van der Waals surface area contributed by atoms with Crippen LogP contribution >= 0.6 is 0 Å². The van der Waals surface area contributed by atoms with Gasteiger partial charge in [0.1, 0.15) is 0 Å². The van der Waals surface area contributed by atoms with Gasteiger partial charge in [-0.15, -0.1) is 0 Å². The van der Waals surface area contributed by atoms with E-state index in [-0.39, 0.29) is 0 Å². The molecule has 0 saturated heterocycles. The fraction of sp³-hybridized carbons (Fsp3) is 0.235. The lowest BCUT2D eigenvalue weighted by Crippen LogP contribution is -1.95. The van der Waals surface area contributed by atoms with Crippen molar-refractivity contribution >= 4 is 5.71 Å². The number of nitrogens with zero attached hydrogens (tertiary/aromatic N) is 1. The second kappa shape index (κ2) is 4.77. The van der Waals surface area contributed by atoms with E-state index < -0.39 is 0 Å². The Kier molecular flexibility index (Phi) is 2.97. The van der Waals surface area contributed by atoms with E-state index >= 15 is 0 Å². The van der Waals surface area contributed by atoms with Gasteiger partial charge in [0.05, 0.1) is 6.04 Å². The molecular weight excluding hydrogens is 218 g/mol. The Balaban J connectivity index is 1.88. The number of rotatable bonds is 2. The average molecular weight is 235 g/mol. The van der Waals surface area contributed by atoms with Crippen molar-refractivity contribution in [2.24, 2.45) is 4.99 Å². The third-order valence-corrected chi connectivity index (χ3v) is 3.50. The van der Waals surface area contributed by atoms with Crippen LogP contribution < -0.4 is 0 Å². The molecule has 1 aliphatic heterocycles. The van der Waals surface area contributed by atoms with Crippen LogP contribution in [0.4, 0.5) is 0 Å². The van der Waals surface area contributed by atoms with Crippen LogP contribution in [0.3, 0.4) is 0 Å². The van der Waals surface area contributed by atoms with Crippen LogP contribution in [0, 0.1) is 6.92 Å². The maximum Gasteiger partial charge on any atom is 0.0756 e. The molecule has 0 amide bonds. The molecule has 2 aromatic carbocycles. The fourth-order valence-electron chi connectivity index (χ4n) is 2.55. The molecule has 0 spiro atoms. The third kappa shape index (κ3) is 2.21. The topological polar surface area (TPSA) is 12.4 Å². The zero-order valence-corrected chi connectivity index (χ0v) is 10.6. The molecule has 0 bridgehead atoms. The first-order chi connectivity index (χ1) is 8.83. The minimum atomic E-state index is 0.349. The third-order valence-electron chi connectivity index (χ3n) is 3.50. The summed E-state index contributed by atoms with van der Waals surface area (Å²) in [5.41, 5.74) is 5.18. The minimum Gasteiger partial charge on any atom is -0.281 e. The standard InChI is InChI=1S/C17H17N/c1-13-6-5-9-15(12-13)17-11-10-16(18-17)14-7-3-2-4-8-14/h2-9,12,16H,10-11H2,1H3/t16-/m0/s1. The van der Waals surface area contributed by atoms with Gasteiger partial charge in [-0.05, 0) is 30.9 Å². The van der Waals surface area contributed by atoms with Crippen LogP contribution in [0.25, 0.3) is 0 Å². The summed E-state index contributed by atoms with van der Waals surface area (Å²) in [5.74, 6) is 0. The van der Waals surface area contributed by atoms with E-state index in [1.807, 2.05) is 0 Å². The van der Waals surface area contributed by atoms with Crippen molar-refractivity contribution < 1.29 is 0 Å². The highest BCUT2D eigenvalue weighted by molar-refractivity contribution is 6.01. The van der Waals surface area contributed by atoms with Crippen LogP contribution in [-0.4, -0.2) is 5.71 Å². The summed E-state index contributed by atoms with van der Waals surface area (Å²) in [7, 11) is 0. The molecule has 0 aliphatic carbocycles. The van der Waals surface area contributed by atoms with E-state index in [2.05, 4.69) is 61.5 Å². The van der Waals surface area contributed by atoms with Crippen LogP contribution in [0.5, 0.6) is 0 Å². The van der Waals surface area contributed by atoms with Crippen molar-refractivity contribution in [2.75, 3.05) is 0 Å². The molecule has 90 valence electrons. The van der Waals surface area contributed by atoms with Crippen LogP contribution in [0.2, 0.25) is 0 Å². The van der Waals surface area contributed by atoms with Crippen LogP contribution in [0.1, 0.15) is 35.6 Å². The molecule has 1 atom stereocenters. The van der Waals surface area contributed by atoms with E-state index in [0.29, 0.717) is 6.04 Å². The van der Waals surface area contributed by atoms with Crippen molar-refractivity contribution in [1.82, 2.24) is 0 Å². The van der Waals surface area contributed by atoms with Crippen molar-refractivity contribution in [3.63, 3.8) is 0 Å². The first-order valence-electron chi connectivity index (χ1n) is 6.51. The molecule has 1 aliphatic rings. The highest BCUT2D eigenvalue weighted by atomic mass is 14.8. The van der Waals surface area contributed by atoms with Crippen molar-refractivity contribution in [3.05, 3.63) is 71.3 Å². The summed E-state index contributed by atoms with van der Waals surface area (Å²) < 4.78 is 0. The molecule has 3 rings (SSSR count). The summed E-state index contributed by atoms with van der Waals surface area (Å²) in [6, 6.07) is 19.6. The molecule has 0 fully saturated rings. The molecule has 0 aromatic heterocycles. The minimum absolute atomic E-state index is 0.349. The summed E-state index contributed by atoms with van der Waals surface area (Å²) >= 11 is 0. The largest absolute Gasteiger partial charge is 0.281 e. The lowest BCUT2D eigenvalue weighted by Gasteiger charge is -2.05. The number of benzene rings is 2. The highest BCUT2D eigenvalue weighted by Crippen LogP contribution is 2.30. The summed E-state index contributed by atoms with van der Waals surface area (Å²) in [5, 5.41) is 0. The second-order valence-electron chi connectivity index (χ2n) is 4.91. The Morgan fingerprint density at radius 3 is 2.61 bits per heavy atom. The van der Waals surface area contributed by atoms with Crippen LogP contribution in [-0.2, 0) is 0 Å². The summed E-state index contributed by atoms with van der Waals surface area (Å²) in [6.45, 7) is 2.13. The molecule has 1 heteroatoms. The monoisotopic (exact) mass is 235 g/mol. The van der Waals surface area contributed by atoms with Gasteiger partial charge >= 0.3 is 0 Å². The van der Waals surface area contributed by atoms with Gasteiger partial charge in [-0.25, -0.2) is 0 Å². The van der Waals surface area contributed by atoms with E-state index in [0.717, 1.165) is 12.8 Å². The lowest BCUT2D eigenvalue weighted by molar-refractivity contribution is 0.723. The van der Waals surface area contributed by atoms with E-state index in [1.54, 1.807) is 0 Å². The summed E-state index contributed by atoms with van der Waals surface area (Å²) in [4.78, 5) is 4.89. The first kappa shape index (κ1) is 11.2. The van der Waals surface area contributed by atoms with E-state index in [1.165, 1.54) is 22.4 Å². The summed E-state index contributed by atoms with van der Waals surface area (Å²) in [6.07, 6.45) is 2.22. The molecule has 1 nitrogen and oxygen atoms in total. The first-order valence-corrected chi connectivity index (χ1v) is 6.51. The van der Waals surface area contributed by atoms with Gasteiger partial charge in [0.2, 0.25) is 0 Å². The fourth-order valence-corrected chi connectivity index (χ4v) is 2.55. The van der Waals surface area contributed by atoms with Gasteiger partial charge in [-0.1, -0.05) is 60.2 Å². The average Bonchev–Trinajstić information content (AvgIpc) is 2.89. The Morgan fingerprint density at radius 2 is 1.83 bits per heavy atom. The maximum absolute atomic E-state index is 4.89. The zero-order chi connectivity index (χ0) is 12.4. The van der Waals surface area contributed by atoms with Gasteiger partial charge in [0.25, 0.3) is 0 Å². The molecule has 2 aromatic rings.